The predicted molar refractivity (Wildman–Crippen MR) is 103 cm³/mol. The molecule has 0 bridgehead atoms. The third-order valence-electron chi connectivity index (χ3n) is 4.08. The number of carbonyl (C=O) groups excluding carboxylic acids is 2. The van der Waals surface area contributed by atoms with E-state index in [1.54, 1.807) is 31.2 Å². The summed E-state index contributed by atoms with van der Waals surface area (Å²) in [5, 5.41) is 5.71. The summed E-state index contributed by atoms with van der Waals surface area (Å²) in [5.41, 5.74) is 4.09. The summed E-state index contributed by atoms with van der Waals surface area (Å²) < 4.78 is 5.55. The second-order valence-electron chi connectivity index (χ2n) is 6.37. The Labute approximate surface area is 154 Å². The molecule has 2 rings (SSSR count). The molecule has 0 aromatic heterocycles. The van der Waals surface area contributed by atoms with Gasteiger partial charge in [0.15, 0.2) is 6.61 Å². The third-order valence-corrected chi connectivity index (χ3v) is 4.08. The van der Waals surface area contributed by atoms with E-state index in [9.17, 15) is 9.59 Å². The Morgan fingerprint density at radius 2 is 1.85 bits per heavy atom. The third kappa shape index (κ3) is 5.62. The topological polar surface area (TPSA) is 67.4 Å². The van der Waals surface area contributed by atoms with E-state index >= 15 is 0 Å². The summed E-state index contributed by atoms with van der Waals surface area (Å²) in [6.45, 7) is 7.75. The zero-order chi connectivity index (χ0) is 19.1. The van der Waals surface area contributed by atoms with Gasteiger partial charge >= 0.3 is 0 Å². The zero-order valence-electron chi connectivity index (χ0n) is 15.8. The van der Waals surface area contributed by atoms with Crippen LogP contribution in [0.4, 0.5) is 5.69 Å². The van der Waals surface area contributed by atoms with Crippen molar-refractivity contribution in [3.63, 3.8) is 0 Å². The summed E-state index contributed by atoms with van der Waals surface area (Å²) in [6, 6.07) is 13.1. The van der Waals surface area contributed by atoms with Crippen LogP contribution in [-0.2, 0) is 9.59 Å². The van der Waals surface area contributed by atoms with Crippen LogP contribution in [0.3, 0.4) is 0 Å². The van der Waals surface area contributed by atoms with E-state index in [-0.39, 0.29) is 24.5 Å². The second-order valence-corrected chi connectivity index (χ2v) is 6.37. The molecular weight excluding hydrogens is 328 g/mol. The van der Waals surface area contributed by atoms with Crippen molar-refractivity contribution in [2.24, 2.45) is 0 Å². The van der Waals surface area contributed by atoms with Gasteiger partial charge in [-0.15, -0.1) is 0 Å². The van der Waals surface area contributed by atoms with Crippen molar-refractivity contribution in [2.45, 2.75) is 40.2 Å². The van der Waals surface area contributed by atoms with Gasteiger partial charge in [-0.3, -0.25) is 9.59 Å². The van der Waals surface area contributed by atoms with Gasteiger partial charge in [-0.25, -0.2) is 0 Å². The van der Waals surface area contributed by atoms with Crippen molar-refractivity contribution in [2.75, 3.05) is 11.9 Å². The number of hydrogen-bond donors (Lipinski definition) is 2. The molecule has 1 atom stereocenters. The lowest BCUT2D eigenvalue weighted by molar-refractivity contribution is -0.123. The number of aryl methyl sites for hydroxylation is 2. The molecule has 138 valence electrons. The SMILES string of the molecule is CCC(=O)Nc1cccc(OCC(=O)NC(C)c2ccc(C)cc2C)c1. The molecule has 2 aromatic carbocycles. The highest BCUT2D eigenvalue weighted by Crippen LogP contribution is 2.19. The first kappa shape index (κ1) is 19.5. The van der Waals surface area contributed by atoms with Crippen molar-refractivity contribution >= 4 is 17.5 Å². The van der Waals surface area contributed by atoms with Crippen LogP contribution in [0, 0.1) is 13.8 Å². The fourth-order valence-electron chi connectivity index (χ4n) is 2.73. The summed E-state index contributed by atoms with van der Waals surface area (Å²) >= 11 is 0. The summed E-state index contributed by atoms with van der Waals surface area (Å²) in [4.78, 5) is 23.6. The van der Waals surface area contributed by atoms with Crippen molar-refractivity contribution < 1.29 is 14.3 Å². The maximum atomic E-state index is 12.2. The van der Waals surface area contributed by atoms with Crippen molar-refractivity contribution in [3.05, 3.63) is 59.2 Å². The molecule has 0 fully saturated rings. The second kappa shape index (κ2) is 9.04. The molecule has 1 unspecified atom stereocenters. The average molecular weight is 354 g/mol. The molecule has 0 aliphatic rings. The van der Waals surface area contributed by atoms with E-state index < -0.39 is 0 Å². The molecule has 0 aliphatic carbocycles. The van der Waals surface area contributed by atoms with E-state index in [1.807, 2.05) is 32.9 Å². The van der Waals surface area contributed by atoms with Crippen molar-refractivity contribution in [1.82, 2.24) is 5.32 Å². The van der Waals surface area contributed by atoms with Gasteiger partial charge in [0.2, 0.25) is 5.91 Å². The number of hydrogen-bond acceptors (Lipinski definition) is 3. The first-order valence-electron chi connectivity index (χ1n) is 8.78. The number of benzene rings is 2. The van der Waals surface area contributed by atoms with E-state index in [2.05, 4.69) is 16.7 Å². The molecule has 26 heavy (non-hydrogen) atoms. The van der Waals surface area contributed by atoms with E-state index in [0.29, 0.717) is 17.9 Å². The van der Waals surface area contributed by atoms with Gasteiger partial charge in [-0.05, 0) is 44.0 Å². The molecule has 0 radical (unpaired) electrons. The molecule has 5 nitrogen and oxygen atoms in total. The average Bonchev–Trinajstić information content (AvgIpc) is 2.60. The highest BCUT2D eigenvalue weighted by molar-refractivity contribution is 5.90. The van der Waals surface area contributed by atoms with Gasteiger partial charge in [-0.1, -0.05) is 36.8 Å². The Balaban J connectivity index is 1.90. The van der Waals surface area contributed by atoms with Crippen LogP contribution in [0.1, 0.15) is 43.0 Å². The Hall–Kier alpha value is -2.82. The van der Waals surface area contributed by atoms with Gasteiger partial charge in [0.25, 0.3) is 5.91 Å². The van der Waals surface area contributed by atoms with Crippen molar-refractivity contribution in [3.8, 4) is 5.75 Å². The standard InChI is InChI=1S/C21H26N2O3/c1-5-20(24)23-17-7-6-8-18(12-17)26-13-21(25)22-16(4)19-10-9-14(2)11-15(19)3/h6-12,16H,5,13H2,1-4H3,(H,22,25)(H,23,24). The van der Waals surface area contributed by atoms with Gasteiger partial charge in [0.1, 0.15) is 5.75 Å². The minimum atomic E-state index is -0.194. The lowest BCUT2D eigenvalue weighted by atomic mass is 10.0. The van der Waals surface area contributed by atoms with E-state index in [4.69, 9.17) is 4.74 Å². The van der Waals surface area contributed by atoms with Crippen LogP contribution in [0.15, 0.2) is 42.5 Å². The van der Waals surface area contributed by atoms with Gasteiger partial charge in [-0.2, -0.15) is 0 Å². The molecule has 0 saturated heterocycles. The molecule has 0 aliphatic heterocycles. The smallest absolute Gasteiger partial charge is 0.258 e. The van der Waals surface area contributed by atoms with Crippen molar-refractivity contribution in [1.29, 1.82) is 0 Å². The number of nitrogens with one attached hydrogen (secondary N) is 2. The van der Waals surface area contributed by atoms with Crippen LogP contribution in [0.25, 0.3) is 0 Å². The predicted octanol–water partition coefficient (Wildman–Crippen LogP) is 3.91. The van der Waals surface area contributed by atoms with Gasteiger partial charge in [0, 0.05) is 18.2 Å². The minimum absolute atomic E-state index is 0.0674. The summed E-state index contributed by atoms with van der Waals surface area (Å²) in [6.07, 6.45) is 0.407. The summed E-state index contributed by atoms with van der Waals surface area (Å²) in [5.74, 6) is 0.274. The minimum Gasteiger partial charge on any atom is -0.484 e. The molecule has 0 heterocycles. The Bertz CT molecular complexity index is 787. The first-order valence-corrected chi connectivity index (χ1v) is 8.78. The van der Waals surface area contributed by atoms with Crippen LogP contribution in [-0.4, -0.2) is 18.4 Å². The highest BCUT2D eigenvalue weighted by atomic mass is 16.5. The number of anilines is 1. The lowest BCUT2D eigenvalue weighted by Crippen LogP contribution is -2.31. The maximum absolute atomic E-state index is 12.2. The molecule has 0 saturated carbocycles. The molecule has 5 heteroatoms. The number of rotatable bonds is 7. The van der Waals surface area contributed by atoms with Crippen LogP contribution in [0.2, 0.25) is 0 Å². The Morgan fingerprint density at radius 1 is 1.08 bits per heavy atom. The van der Waals surface area contributed by atoms with Crippen LogP contribution in [0.5, 0.6) is 5.75 Å². The Kier molecular flexibility index (Phi) is 6.78. The monoisotopic (exact) mass is 354 g/mol. The first-order chi connectivity index (χ1) is 12.4. The fraction of sp³-hybridized carbons (Fsp3) is 0.333. The van der Waals surface area contributed by atoms with Gasteiger partial charge in [0.05, 0.1) is 6.04 Å². The normalized spacial score (nSPS) is 11.5. The maximum Gasteiger partial charge on any atom is 0.258 e. The lowest BCUT2D eigenvalue weighted by Gasteiger charge is -2.17. The summed E-state index contributed by atoms with van der Waals surface area (Å²) in [7, 11) is 0. The van der Waals surface area contributed by atoms with Crippen LogP contribution >= 0.6 is 0 Å². The molecule has 2 N–H and O–H groups in total. The van der Waals surface area contributed by atoms with E-state index in [1.165, 1.54) is 5.56 Å². The number of ether oxygens (including phenoxy) is 1. The molecular formula is C21H26N2O3. The Morgan fingerprint density at radius 3 is 2.54 bits per heavy atom. The fourth-order valence-corrected chi connectivity index (χ4v) is 2.73. The van der Waals surface area contributed by atoms with Crippen LogP contribution < -0.4 is 15.4 Å². The number of carbonyl (C=O) groups is 2. The molecule has 2 aromatic rings. The molecule has 2 amide bonds. The molecule has 0 spiro atoms. The van der Waals surface area contributed by atoms with E-state index in [0.717, 1.165) is 11.1 Å². The zero-order valence-corrected chi connectivity index (χ0v) is 15.8. The highest BCUT2D eigenvalue weighted by Gasteiger charge is 2.12. The quantitative estimate of drug-likeness (QED) is 0.792. The van der Waals surface area contributed by atoms with Gasteiger partial charge < -0.3 is 15.4 Å². The number of amides is 2. The largest absolute Gasteiger partial charge is 0.484 e.